The SMILES string of the molecule is COC(=O)c1ccc(N(C(=O)OC(C)(C)C)C(=O)c2ccc3c(c2)C(C)(C)CCC3(C)C)c(C)c1. The van der Waals surface area contributed by atoms with E-state index >= 15 is 0 Å². The van der Waals surface area contributed by atoms with E-state index in [9.17, 15) is 14.4 Å². The summed E-state index contributed by atoms with van der Waals surface area (Å²) in [5.41, 5.74) is 3.17. The van der Waals surface area contributed by atoms with Crippen molar-refractivity contribution in [1.82, 2.24) is 0 Å². The average Bonchev–Trinajstić information content (AvgIpc) is 2.76. The van der Waals surface area contributed by atoms with Gasteiger partial charge in [0.15, 0.2) is 0 Å². The molecule has 0 saturated heterocycles. The van der Waals surface area contributed by atoms with E-state index in [-0.39, 0.29) is 10.8 Å². The van der Waals surface area contributed by atoms with E-state index in [4.69, 9.17) is 9.47 Å². The molecule has 0 radical (unpaired) electrons. The molecule has 35 heavy (non-hydrogen) atoms. The summed E-state index contributed by atoms with van der Waals surface area (Å²) >= 11 is 0. The number of hydrogen-bond donors (Lipinski definition) is 0. The predicted molar refractivity (Wildman–Crippen MR) is 137 cm³/mol. The zero-order valence-corrected chi connectivity index (χ0v) is 22.4. The van der Waals surface area contributed by atoms with Gasteiger partial charge in [-0.15, -0.1) is 0 Å². The minimum absolute atomic E-state index is 0.0115. The lowest BCUT2D eigenvalue weighted by atomic mass is 9.63. The molecule has 2 amide bonds. The predicted octanol–water partition coefficient (Wildman–Crippen LogP) is 6.71. The van der Waals surface area contributed by atoms with Crippen LogP contribution in [0.1, 0.15) is 98.7 Å². The Bertz CT molecular complexity index is 1170. The summed E-state index contributed by atoms with van der Waals surface area (Å²) < 4.78 is 10.4. The standard InChI is InChI=1S/C29H37NO5/c1-18-16-20(25(32)34-9)11-13-23(18)30(26(33)35-27(2,3)4)24(31)19-10-12-21-22(17-19)29(7,8)15-14-28(21,5)6/h10-13,16-17H,14-15H2,1-9H3. The van der Waals surface area contributed by atoms with Crippen LogP contribution in [0.3, 0.4) is 0 Å². The maximum atomic E-state index is 13.9. The average molecular weight is 480 g/mol. The molecule has 0 spiro atoms. The van der Waals surface area contributed by atoms with Crippen molar-refractivity contribution >= 4 is 23.7 Å². The molecule has 6 nitrogen and oxygen atoms in total. The van der Waals surface area contributed by atoms with E-state index in [0.717, 1.165) is 23.3 Å². The Labute approximate surface area is 208 Å². The highest BCUT2D eigenvalue weighted by atomic mass is 16.6. The number of anilines is 1. The first kappa shape index (κ1) is 26.5. The molecule has 0 saturated carbocycles. The Morgan fingerprint density at radius 3 is 1.97 bits per heavy atom. The van der Waals surface area contributed by atoms with Gasteiger partial charge in [0.05, 0.1) is 18.4 Å². The fourth-order valence-electron chi connectivity index (χ4n) is 4.60. The molecular formula is C29H37NO5. The van der Waals surface area contributed by atoms with Crippen LogP contribution < -0.4 is 4.90 Å². The Balaban J connectivity index is 2.13. The zero-order chi connectivity index (χ0) is 26.3. The number of carbonyl (C=O) groups excluding carboxylic acids is 3. The van der Waals surface area contributed by atoms with Crippen molar-refractivity contribution in [2.75, 3.05) is 12.0 Å². The minimum atomic E-state index is -0.794. The molecule has 0 atom stereocenters. The van der Waals surface area contributed by atoms with Crippen molar-refractivity contribution in [2.45, 2.75) is 84.7 Å². The van der Waals surface area contributed by atoms with Crippen molar-refractivity contribution in [3.05, 3.63) is 64.2 Å². The van der Waals surface area contributed by atoms with Crippen molar-refractivity contribution in [2.24, 2.45) is 0 Å². The second kappa shape index (κ2) is 9.14. The van der Waals surface area contributed by atoms with E-state index in [1.165, 1.54) is 18.7 Å². The van der Waals surface area contributed by atoms with Crippen LogP contribution in [0.5, 0.6) is 0 Å². The molecule has 0 N–H and O–H groups in total. The Morgan fingerprint density at radius 2 is 1.43 bits per heavy atom. The Kier molecular flexibility index (Phi) is 6.91. The van der Waals surface area contributed by atoms with E-state index in [2.05, 4.69) is 27.7 Å². The van der Waals surface area contributed by atoms with Gasteiger partial charge in [-0.05, 0) is 98.4 Å². The highest BCUT2D eigenvalue weighted by molar-refractivity contribution is 6.19. The fraction of sp³-hybridized carbons (Fsp3) is 0.483. The monoisotopic (exact) mass is 479 g/mol. The van der Waals surface area contributed by atoms with Gasteiger partial charge in [0.25, 0.3) is 5.91 Å². The van der Waals surface area contributed by atoms with Gasteiger partial charge in [0.1, 0.15) is 5.60 Å². The van der Waals surface area contributed by atoms with Crippen LogP contribution in [-0.2, 0) is 20.3 Å². The van der Waals surface area contributed by atoms with E-state index in [0.29, 0.717) is 22.4 Å². The first-order valence-corrected chi connectivity index (χ1v) is 12.0. The number of benzene rings is 2. The molecule has 0 aromatic heterocycles. The van der Waals surface area contributed by atoms with E-state index in [1.807, 2.05) is 12.1 Å². The highest BCUT2D eigenvalue weighted by Crippen LogP contribution is 2.46. The fourth-order valence-corrected chi connectivity index (χ4v) is 4.60. The quantitative estimate of drug-likeness (QED) is 0.457. The van der Waals surface area contributed by atoms with E-state index in [1.54, 1.807) is 45.9 Å². The molecule has 188 valence electrons. The molecule has 0 heterocycles. The zero-order valence-electron chi connectivity index (χ0n) is 22.4. The summed E-state index contributed by atoms with van der Waals surface area (Å²) in [5.74, 6) is -0.968. The molecule has 0 fully saturated rings. The number of carbonyl (C=O) groups is 3. The van der Waals surface area contributed by atoms with Crippen LogP contribution >= 0.6 is 0 Å². The number of esters is 1. The van der Waals surface area contributed by atoms with Gasteiger partial charge >= 0.3 is 12.1 Å². The van der Waals surface area contributed by atoms with Crippen molar-refractivity contribution in [3.63, 3.8) is 0 Å². The molecule has 3 rings (SSSR count). The Hall–Kier alpha value is -3.15. The molecule has 0 unspecified atom stereocenters. The number of imide groups is 1. The summed E-state index contributed by atoms with van der Waals surface area (Å²) in [4.78, 5) is 40.2. The van der Waals surface area contributed by atoms with Crippen LogP contribution in [0.25, 0.3) is 0 Å². The number of fused-ring (bicyclic) bond motifs is 1. The first-order valence-electron chi connectivity index (χ1n) is 12.0. The van der Waals surface area contributed by atoms with Gasteiger partial charge in [-0.1, -0.05) is 33.8 Å². The normalized spacial score (nSPS) is 16.1. The number of rotatable bonds is 3. The lowest BCUT2D eigenvalue weighted by Gasteiger charge is -2.42. The van der Waals surface area contributed by atoms with Gasteiger partial charge in [0, 0.05) is 5.56 Å². The van der Waals surface area contributed by atoms with Crippen LogP contribution in [-0.4, -0.2) is 30.7 Å². The summed E-state index contributed by atoms with van der Waals surface area (Å²) in [5, 5.41) is 0. The van der Waals surface area contributed by atoms with E-state index < -0.39 is 23.6 Å². The third kappa shape index (κ3) is 5.42. The molecular weight excluding hydrogens is 442 g/mol. The lowest BCUT2D eigenvalue weighted by Crippen LogP contribution is -2.42. The molecule has 2 aromatic carbocycles. The minimum Gasteiger partial charge on any atom is -0.465 e. The van der Waals surface area contributed by atoms with Crippen LogP contribution in [0.4, 0.5) is 10.5 Å². The van der Waals surface area contributed by atoms with Crippen molar-refractivity contribution in [3.8, 4) is 0 Å². The highest BCUT2D eigenvalue weighted by Gasteiger charge is 2.38. The van der Waals surface area contributed by atoms with Crippen LogP contribution in [0.2, 0.25) is 0 Å². The number of hydrogen-bond acceptors (Lipinski definition) is 5. The second-order valence-electron chi connectivity index (χ2n) is 11.6. The Morgan fingerprint density at radius 1 is 0.857 bits per heavy atom. The third-order valence-electron chi connectivity index (χ3n) is 6.74. The number of methoxy groups -OCH3 is 1. The molecule has 0 aliphatic heterocycles. The van der Waals surface area contributed by atoms with Gasteiger partial charge in [0.2, 0.25) is 0 Å². The van der Waals surface area contributed by atoms with Crippen molar-refractivity contribution < 1.29 is 23.9 Å². The second-order valence-corrected chi connectivity index (χ2v) is 11.6. The number of aryl methyl sites for hydroxylation is 1. The summed E-state index contributed by atoms with van der Waals surface area (Å²) in [7, 11) is 1.31. The third-order valence-corrected chi connectivity index (χ3v) is 6.74. The largest absolute Gasteiger partial charge is 0.465 e. The van der Waals surface area contributed by atoms with Gasteiger partial charge in [-0.25, -0.2) is 14.5 Å². The number of nitrogens with zero attached hydrogens (tertiary/aromatic N) is 1. The summed E-state index contributed by atoms with van der Waals surface area (Å²) in [6, 6.07) is 10.5. The van der Waals surface area contributed by atoms with Gasteiger partial charge in [-0.3, -0.25) is 4.79 Å². The molecule has 1 aliphatic carbocycles. The first-order chi connectivity index (χ1) is 16.1. The van der Waals surface area contributed by atoms with Gasteiger partial charge < -0.3 is 9.47 Å². The maximum absolute atomic E-state index is 13.9. The van der Waals surface area contributed by atoms with Crippen LogP contribution in [0.15, 0.2) is 36.4 Å². The summed E-state index contributed by atoms with van der Waals surface area (Å²) in [6.45, 7) is 15.8. The smallest absolute Gasteiger partial charge is 0.422 e. The topological polar surface area (TPSA) is 72.9 Å². The van der Waals surface area contributed by atoms with Crippen molar-refractivity contribution in [1.29, 1.82) is 0 Å². The molecule has 2 aromatic rings. The maximum Gasteiger partial charge on any atom is 0.422 e. The van der Waals surface area contributed by atoms with Crippen LogP contribution in [0, 0.1) is 6.92 Å². The lowest BCUT2D eigenvalue weighted by molar-refractivity contribution is 0.0561. The molecule has 6 heteroatoms. The summed E-state index contributed by atoms with van der Waals surface area (Å²) in [6.07, 6.45) is 1.30. The molecule has 0 bridgehead atoms. The number of ether oxygens (including phenoxy) is 2. The van der Waals surface area contributed by atoms with Gasteiger partial charge in [-0.2, -0.15) is 0 Å². The molecule has 1 aliphatic rings. The number of amides is 2.